The maximum absolute atomic E-state index is 11.0. The van der Waals surface area contributed by atoms with Gasteiger partial charge >= 0.3 is 0 Å². The first-order valence-corrected chi connectivity index (χ1v) is 10.0. The number of nitrogens with one attached hydrogen (secondary N) is 1. The van der Waals surface area contributed by atoms with E-state index in [-0.39, 0.29) is 5.91 Å². The normalized spacial score (nSPS) is 13.3. The largest absolute Gasteiger partial charge is 0.393 e. The topological polar surface area (TPSA) is 95.6 Å². The minimum absolute atomic E-state index is 0.0801. The number of aliphatic hydroxyl groups is 2. The summed E-state index contributed by atoms with van der Waals surface area (Å²) >= 11 is 0. The maximum Gasteiger partial charge on any atom is 0.233 e. The highest BCUT2D eigenvalue weighted by molar-refractivity contribution is 5.74. The van der Waals surface area contributed by atoms with Gasteiger partial charge in [-0.15, -0.1) is 0 Å². The molecule has 0 bridgehead atoms. The van der Waals surface area contributed by atoms with Gasteiger partial charge in [-0.2, -0.15) is 0 Å². The Morgan fingerprint density at radius 3 is 2.00 bits per heavy atom. The van der Waals surface area contributed by atoms with E-state index in [1.54, 1.807) is 0 Å². The Morgan fingerprint density at radius 2 is 1.42 bits per heavy atom. The van der Waals surface area contributed by atoms with Gasteiger partial charge in [0.15, 0.2) is 0 Å². The van der Waals surface area contributed by atoms with Gasteiger partial charge in [0.2, 0.25) is 5.91 Å². The molecule has 0 fully saturated rings. The van der Waals surface area contributed by atoms with Crippen molar-refractivity contribution < 1.29 is 15.0 Å². The van der Waals surface area contributed by atoms with Crippen LogP contribution in [0.5, 0.6) is 0 Å². The summed E-state index contributed by atoms with van der Waals surface area (Å²) in [4.78, 5) is 11.0. The molecule has 1 aromatic carbocycles. The summed E-state index contributed by atoms with van der Waals surface area (Å²) in [6.45, 7) is 0. The van der Waals surface area contributed by atoms with Gasteiger partial charge < -0.3 is 10.2 Å². The molecule has 0 saturated carbocycles. The van der Waals surface area contributed by atoms with Crippen LogP contribution in [0.3, 0.4) is 0 Å². The Bertz CT molecular complexity index is 468. The van der Waals surface area contributed by atoms with E-state index in [4.69, 9.17) is 5.84 Å². The van der Waals surface area contributed by atoms with E-state index in [9.17, 15) is 15.0 Å². The average molecular weight is 365 g/mol. The van der Waals surface area contributed by atoms with E-state index in [1.165, 1.54) is 32.1 Å². The zero-order valence-corrected chi connectivity index (χ0v) is 15.9. The van der Waals surface area contributed by atoms with Crippen molar-refractivity contribution >= 4 is 5.91 Å². The van der Waals surface area contributed by atoms with Crippen LogP contribution < -0.4 is 11.3 Å². The van der Waals surface area contributed by atoms with Crippen LogP contribution in [0.25, 0.3) is 0 Å². The highest BCUT2D eigenvalue weighted by atomic mass is 16.3. The van der Waals surface area contributed by atoms with E-state index >= 15 is 0 Å². The van der Waals surface area contributed by atoms with Crippen LogP contribution >= 0.6 is 0 Å². The molecule has 148 valence electrons. The van der Waals surface area contributed by atoms with Gasteiger partial charge in [0, 0.05) is 12.8 Å². The third-order valence-corrected chi connectivity index (χ3v) is 4.78. The Hall–Kier alpha value is -1.43. The third-order valence-electron chi connectivity index (χ3n) is 4.78. The van der Waals surface area contributed by atoms with Crippen molar-refractivity contribution in [3.63, 3.8) is 0 Å². The monoisotopic (exact) mass is 364 g/mol. The molecule has 0 aliphatic rings. The Labute approximate surface area is 158 Å². The second kappa shape index (κ2) is 14.7. The van der Waals surface area contributed by atoms with Crippen molar-refractivity contribution in [3.05, 3.63) is 35.9 Å². The summed E-state index contributed by atoms with van der Waals surface area (Å²) in [5, 5.41) is 20.2. The summed E-state index contributed by atoms with van der Waals surface area (Å²) < 4.78 is 0. The molecule has 5 N–H and O–H groups in total. The molecule has 1 amide bonds. The Kier molecular flexibility index (Phi) is 12.8. The molecule has 0 aliphatic heterocycles. The summed E-state index contributed by atoms with van der Waals surface area (Å²) in [6.07, 6.45) is 10.9. The molecule has 5 nitrogen and oxygen atoms in total. The first-order valence-electron chi connectivity index (χ1n) is 10.0. The fourth-order valence-corrected chi connectivity index (χ4v) is 3.16. The highest BCUT2D eigenvalue weighted by Crippen LogP contribution is 2.20. The van der Waals surface area contributed by atoms with Crippen LogP contribution in [0, 0.1) is 0 Å². The molecule has 1 rings (SSSR count). The average Bonchev–Trinajstić information content (AvgIpc) is 2.66. The van der Waals surface area contributed by atoms with E-state index in [0.29, 0.717) is 12.8 Å². The number of unbranched alkanes of at least 4 members (excludes halogenated alkanes) is 8. The number of aliphatic hydroxyl groups excluding tert-OH is 2. The van der Waals surface area contributed by atoms with Crippen LogP contribution in [0.4, 0.5) is 0 Å². The number of nitrogens with two attached hydrogens (primary N) is 1. The molecule has 0 aromatic heterocycles. The second-order valence-corrected chi connectivity index (χ2v) is 7.10. The van der Waals surface area contributed by atoms with Crippen LogP contribution in [0.2, 0.25) is 0 Å². The summed E-state index contributed by atoms with van der Waals surface area (Å²) in [5.41, 5.74) is 3.02. The molecule has 0 saturated heterocycles. The van der Waals surface area contributed by atoms with E-state index in [1.807, 2.05) is 30.3 Å². The van der Waals surface area contributed by atoms with Crippen LogP contribution in [0.15, 0.2) is 30.3 Å². The molecule has 1 unspecified atom stereocenters. The number of carbonyl (C=O) groups is 1. The first-order chi connectivity index (χ1) is 12.6. The lowest BCUT2D eigenvalue weighted by atomic mass is 9.99. The molecule has 0 aliphatic carbocycles. The van der Waals surface area contributed by atoms with Crippen LogP contribution in [0.1, 0.15) is 88.7 Å². The lowest BCUT2D eigenvalue weighted by Gasteiger charge is -2.16. The van der Waals surface area contributed by atoms with Crippen molar-refractivity contribution in [2.75, 3.05) is 0 Å². The predicted octanol–water partition coefficient (Wildman–Crippen LogP) is 3.75. The number of hydrogen-bond donors (Lipinski definition) is 4. The molecule has 0 heterocycles. The summed E-state index contributed by atoms with van der Waals surface area (Å²) in [5.74, 6) is 4.95. The van der Waals surface area contributed by atoms with E-state index in [2.05, 4.69) is 5.43 Å². The SMILES string of the molecule is NNC(=O)CCCCCCCCCCCC(O)C[C@H](O)c1ccccc1. The molecular formula is C21H36N2O3. The Morgan fingerprint density at radius 1 is 0.885 bits per heavy atom. The number of hydrazine groups is 1. The van der Waals surface area contributed by atoms with Crippen molar-refractivity contribution in [1.82, 2.24) is 5.43 Å². The molecule has 5 heteroatoms. The van der Waals surface area contributed by atoms with Crippen LogP contribution in [-0.2, 0) is 4.79 Å². The predicted molar refractivity (Wildman–Crippen MR) is 105 cm³/mol. The summed E-state index contributed by atoms with van der Waals surface area (Å²) in [6, 6.07) is 9.52. The number of hydrogen-bond acceptors (Lipinski definition) is 4. The molecule has 0 spiro atoms. The lowest BCUT2D eigenvalue weighted by Crippen LogP contribution is -2.29. The number of carbonyl (C=O) groups excluding carboxylic acids is 1. The maximum atomic E-state index is 11.0. The van der Waals surface area contributed by atoms with Crippen molar-refractivity contribution in [3.8, 4) is 0 Å². The standard InChI is InChI=1S/C21H36N2O3/c22-23-21(26)16-12-7-5-3-1-2-4-6-11-15-19(24)17-20(25)18-13-9-8-10-14-18/h8-10,13-14,19-20,24-25H,1-7,11-12,15-17,22H2,(H,23,26)/t19?,20-/m0/s1. The van der Waals surface area contributed by atoms with E-state index < -0.39 is 12.2 Å². The number of benzene rings is 1. The second-order valence-electron chi connectivity index (χ2n) is 7.10. The fraction of sp³-hybridized carbons (Fsp3) is 0.667. The molecule has 1 aromatic rings. The van der Waals surface area contributed by atoms with Gasteiger partial charge in [0.25, 0.3) is 0 Å². The zero-order valence-electron chi connectivity index (χ0n) is 15.9. The zero-order chi connectivity index (χ0) is 19.0. The van der Waals surface area contributed by atoms with Gasteiger partial charge in [-0.3, -0.25) is 10.2 Å². The van der Waals surface area contributed by atoms with E-state index in [0.717, 1.165) is 37.7 Å². The molecular weight excluding hydrogens is 328 g/mol. The fourth-order valence-electron chi connectivity index (χ4n) is 3.16. The van der Waals surface area contributed by atoms with Gasteiger partial charge in [0.1, 0.15) is 0 Å². The molecule has 0 radical (unpaired) electrons. The smallest absolute Gasteiger partial charge is 0.233 e. The van der Waals surface area contributed by atoms with Gasteiger partial charge in [-0.1, -0.05) is 81.7 Å². The number of amides is 1. The minimum Gasteiger partial charge on any atom is -0.393 e. The van der Waals surface area contributed by atoms with Crippen molar-refractivity contribution in [2.24, 2.45) is 5.84 Å². The molecule has 2 atom stereocenters. The number of rotatable bonds is 15. The van der Waals surface area contributed by atoms with Gasteiger partial charge in [-0.25, -0.2) is 5.84 Å². The quantitative estimate of drug-likeness (QED) is 0.165. The molecule has 26 heavy (non-hydrogen) atoms. The van der Waals surface area contributed by atoms with Crippen molar-refractivity contribution in [2.45, 2.75) is 89.3 Å². The lowest BCUT2D eigenvalue weighted by molar-refractivity contribution is -0.121. The third kappa shape index (κ3) is 11.2. The van der Waals surface area contributed by atoms with Crippen LogP contribution in [-0.4, -0.2) is 22.2 Å². The highest BCUT2D eigenvalue weighted by Gasteiger charge is 2.13. The van der Waals surface area contributed by atoms with Crippen molar-refractivity contribution in [1.29, 1.82) is 0 Å². The van der Waals surface area contributed by atoms with Gasteiger partial charge in [0.05, 0.1) is 12.2 Å². The van der Waals surface area contributed by atoms with Gasteiger partial charge in [-0.05, 0) is 18.4 Å². The Balaban J connectivity index is 1.90. The first kappa shape index (κ1) is 22.6. The minimum atomic E-state index is -0.581. The summed E-state index contributed by atoms with van der Waals surface area (Å²) in [7, 11) is 0.